The zero-order valence-corrected chi connectivity index (χ0v) is 8.48. The van der Waals surface area contributed by atoms with E-state index in [-0.39, 0.29) is 5.92 Å². The van der Waals surface area contributed by atoms with Crippen molar-refractivity contribution in [1.29, 1.82) is 5.26 Å². The van der Waals surface area contributed by atoms with Gasteiger partial charge < -0.3 is 0 Å². The van der Waals surface area contributed by atoms with Gasteiger partial charge in [-0.05, 0) is 18.8 Å². The third-order valence-corrected chi connectivity index (χ3v) is 2.78. The van der Waals surface area contributed by atoms with Crippen molar-refractivity contribution in [3.63, 3.8) is 0 Å². The highest BCUT2D eigenvalue weighted by Crippen LogP contribution is 2.26. The van der Waals surface area contributed by atoms with Crippen molar-refractivity contribution < 1.29 is 13.2 Å². The van der Waals surface area contributed by atoms with Gasteiger partial charge in [-0.1, -0.05) is 19.3 Å². The van der Waals surface area contributed by atoms with Gasteiger partial charge in [-0.2, -0.15) is 18.4 Å². The molecule has 1 saturated carbocycles. The van der Waals surface area contributed by atoms with Crippen LogP contribution in [0.5, 0.6) is 0 Å². The zero-order valence-electron chi connectivity index (χ0n) is 8.48. The smallest absolute Gasteiger partial charge is 0.293 e. The van der Waals surface area contributed by atoms with E-state index in [1.165, 1.54) is 0 Å². The van der Waals surface area contributed by atoms with E-state index in [2.05, 4.69) is 5.32 Å². The molecule has 0 aromatic heterocycles. The first-order chi connectivity index (χ1) is 7.03. The van der Waals surface area contributed by atoms with Crippen LogP contribution in [0.25, 0.3) is 0 Å². The lowest BCUT2D eigenvalue weighted by Gasteiger charge is -2.26. The Hall–Kier alpha value is -0.760. The minimum absolute atomic E-state index is 0.0890. The molecule has 1 rings (SSSR count). The summed E-state index contributed by atoms with van der Waals surface area (Å²) in [6.45, 7) is -1.07. The Labute approximate surface area is 87.5 Å². The first kappa shape index (κ1) is 12.3. The number of hydrogen-bond donors (Lipinski definition) is 1. The number of rotatable bonds is 3. The van der Waals surface area contributed by atoms with Crippen LogP contribution in [-0.2, 0) is 0 Å². The SMILES string of the molecule is N#CC(NCC(F)(F)F)C1CCCCC1. The van der Waals surface area contributed by atoms with Crippen LogP contribution < -0.4 is 5.32 Å². The Morgan fingerprint density at radius 3 is 2.33 bits per heavy atom. The molecule has 1 atom stereocenters. The van der Waals surface area contributed by atoms with E-state index in [0.717, 1.165) is 32.1 Å². The van der Waals surface area contributed by atoms with Crippen molar-refractivity contribution >= 4 is 0 Å². The van der Waals surface area contributed by atoms with Crippen LogP contribution in [0.3, 0.4) is 0 Å². The van der Waals surface area contributed by atoms with Crippen LogP contribution in [-0.4, -0.2) is 18.8 Å². The fourth-order valence-corrected chi connectivity index (χ4v) is 2.01. The van der Waals surface area contributed by atoms with Crippen LogP contribution in [0.4, 0.5) is 13.2 Å². The summed E-state index contributed by atoms with van der Waals surface area (Å²) in [5.74, 6) is 0.0890. The molecule has 15 heavy (non-hydrogen) atoms. The van der Waals surface area contributed by atoms with Gasteiger partial charge in [-0.3, -0.25) is 5.32 Å². The minimum atomic E-state index is -4.23. The van der Waals surface area contributed by atoms with Gasteiger partial charge in [0.1, 0.15) is 0 Å². The average Bonchev–Trinajstić information content (AvgIpc) is 2.19. The fraction of sp³-hybridized carbons (Fsp3) is 0.900. The minimum Gasteiger partial charge on any atom is -0.293 e. The molecular weight excluding hydrogens is 205 g/mol. The van der Waals surface area contributed by atoms with E-state index >= 15 is 0 Å². The van der Waals surface area contributed by atoms with E-state index in [1.54, 1.807) is 0 Å². The number of hydrogen-bond acceptors (Lipinski definition) is 2. The lowest BCUT2D eigenvalue weighted by molar-refractivity contribution is -0.126. The summed E-state index contributed by atoms with van der Waals surface area (Å²) in [6, 6.07) is 1.29. The van der Waals surface area contributed by atoms with E-state index < -0.39 is 18.8 Å². The lowest BCUT2D eigenvalue weighted by Crippen LogP contribution is -2.41. The number of alkyl halides is 3. The van der Waals surface area contributed by atoms with Gasteiger partial charge in [0, 0.05) is 0 Å². The second-order valence-corrected chi connectivity index (χ2v) is 4.00. The Morgan fingerprint density at radius 2 is 1.87 bits per heavy atom. The monoisotopic (exact) mass is 220 g/mol. The summed E-state index contributed by atoms with van der Waals surface area (Å²) in [4.78, 5) is 0. The van der Waals surface area contributed by atoms with Crippen LogP contribution in [0, 0.1) is 17.2 Å². The second-order valence-electron chi connectivity index (χ2n) is 4.00. The van der Waals surface area contributed by atoms with Crippen molar-refractivity contribution in [2.24, 2.45) is 5.92 Å². The molecule has 0 amide bonds. The van der Waals surface area contributed by atoms with Gasteiger partial charge in [0.15, 0.2) is 0 Å². The molecule has 1 unspecified atom stereocenters. The molecule has 2 nitrogen and oxygen atoms in total. The van der Waals surface area contributed by atoms with Gasteiger partial charge in [0.25, 0.3) is 0 Å². The fourth-order valence-electron chi connectivity index (χ4n) is 2.01. The molecule has 0 radical (unpaired) electrons. The summed E-state index contributed by atoms with van der Waals surface area (Å²) in [6.07, 6.45) is 0.678. The third-order valence-electron chi connectivity index (χ3n) is 2.78. The molecule has 1 aliphatic rings. The summed E-state index contributed by atoms with van der Waals surface area (Å²) >= 11 is 0. The van der Waals surface area contributed by atoms with Gasteiger partial charge >= 0.3 is 6.18 Å². The maximum Gasteiger partial charge on any atom is 0.401 e. The highest BCUT2D eigenvalue weighted by atomic mass is 19.4. The number of nitrogens with one attached hydrogen (secondary N) is 1. The van der Waals surface area contributed by atoms with Crippen molar-refractivity contribution in [3.8, 4) is 6.07 Å². The van der Waals surface area contributed by atoms with Crippen LogP contribution in [0.2, 0.25) is 0 Å². The summed E-state index contributed by atoms with van der Waals surface area (Å²) < 4.78 is 35.8. The quantitative estimate of drug-likeness (QED) is 0.793. The van der Waals surface area contributed by atoms with Crippen LogP contribution in [0.15, 0.2) is 0 Å². The molecule has 0 heterocycles. The number of halogens is 3. The predicted molar refractivity (Wildman–Crippen MR) is 50.0 cm³/mol. The molecule has 5 heteroatoms. The molecule has 0 aliphatic heterocycles. The highest BCUT2D eigenvalue weighted by Gasteiger charge is 2.30. The summed E-state index contributed by atoms with van der Waals surface area (Å²) in [5, 5.41) is 11.1. The number of nitrogens with zero attached hydrogens (tertiary/aromatic N) is 1. The van der Waals surface area contributed by atoms with E-state index in [0.29, 0.717) is 0 Å². The molecule has 0 spiro atoms. The van der Waals surface area contributed by atoms with Crippen LogP contribution in [0.1, 0.15) is 32.1 Å². The van der Waals surface area contributed by atoms with Gasteiger partial charge in [0.2, 0.25) is 0 Å². The Balaban J connectivity index is 2.38. The zero-order chi connectivity index (χ0) is 11.3. The molecule has 0 aromatic carbocycles. The molecule has 1 fully saturated rings. The molecule has 0 saturated heterocycles. The number of nitriles is 1. The van der Waals surface area contributed by atoms with Crippen molar-refractivity contribution in [1.82, 2.24) is 5.32 Å². The molecule has 0 aromatic rings. The van der Waals surface area contributed by atoms with E-state index in [9.17, 15) is 13.2 Å². The van der Waals surface area contributed by atoms with Crippen LogP contribution >= 0.6 is 0 Å². The topological polar surface area (TPSA) is 35.8 Å². The lowest BCUT2D eigenvalue weighted by atomic mass is 9.84. The Kier molecular flexibility index (Phi) is 4.40. The first-order valence-electron chi connectivity index (χ1n) is 5.22. The third kappa shape index (κ3) is 4.52. The average molecular weight is 220 g/mol. The molecule has 86 valence electrons. The molecular formula is C10H15F3N2. The Morgan fingerprint density at radius 1 is 1.27 bits per heavy atom. The van der Waals surface area contributed by atoms with Gasteiger partial charge in [0.05, 0.1) is 18.7 Å². The predicted octanol–water partition coefficient (Wildman–Crippen LogP) is 2.61. The summed E-state index contributed by atoms with van der Waals surface area (Å²) in [7, 11) is 0. The van der Waals surface area contributed by atoms with Crippen molar-refractivity contribution in [2.75, 3.05) is 6.54 Å². The normalized spacial score (nSPS) is 20.9. The van der Waals surface area contributed by atoms with E-state index in [4.69, 9.17) is 5.26 Å². The Bertz CT molecular complexity index is 226. The van der Waals surface area contributed by atoms with Crippen molar-refractivity contribution in [3.05, 3.63) is 0 Å². The molecule has 1 aliphatic carbocycles. The molecule has 0 bridgehead atoms. The maximum atomic E-state index is 11.9. The maximum absolute atomic E-state index is 11.9. The highest BCUT2D eigenvalue weighted by molar-refractivity contribution is 4.96. The van der Waals surface area contributed by atoms with E-state index in [1.807, 2.05) is 6.07 Å². The summed E-state index contributed by atoms with van der Waals surface area (Å²) in [5.41, 5.74) is 0. The largest absolute Gasteiger partial charge is 0.401 e. The second kappa shape index (κ2) is 5.36. The van der Waals surface area contributed by atoms with Crippen molar-refractivity contribution in [2.45, 2.75) is 44.3 Å². The van der Waals surface area contributed by atoms with Gasteiger partial charge in [-0.25, -0.2) is 0 Å². The molecule has 1 N–H and O–H groups in total. The van der Waals surface area contributed by atoms with Gasteiger partial charge in [-0.15, -0.1) is 0 Å². The standard InChI is InChI=1S/C10H15F3N2/c11-10(12,13)7-15-9(6-14)8-4-2-1-3-5-8/h8-9,15H,1-5,7H2. The first-order valence-corrected chi connectivity index (χ1v) is 5.22.